The Bertz CT molecular complexity index is 296. The lowest BCUT2D eigenvalue weighted by atomic mass is 9.96. The molecule has 104 valence electrons. The summed E-state index contributed by atoms with van der Waals surface area (Å²) in [6.07, 6.45) is 4.02. The van der Waals surface area contributed by atoms with Gasteiger partial charge in [0.1, 0.15) is 0 Å². The lowest BCUT2D eigenvalue weighted by Gasteiger charge is -2.48. The fourth-order valence-electron chi connectivity index (χ4n) is 3.29. The van der Waals surface area contributed by atoms with Gasteiger partial charge in [-0.05, 0) is 26.3 Å². The molecule has 0 aromatic carbocycles. The number of carbonyl (C=O) groups excluding carboxylic acids is 1. The van der Waals surface area contributed by atoms with E-state index in [1.54, 1.807) is 0 Å². The summed E-state index contributed by atoms with van der Waals surface area (Å²) in [5.74, 6) is -0.110. The molecule has 2 fully saturated rings. The molecule has 2 aliphatic heterocycles. The van der Waals surface area contributed by atoms with Gasteiger partial charge in [-0.3, -0.25) is 14.6 Å². The van der Waals surface area contributed by atoms with Gasteiger partial charge >= 0.3 is 5.97 Å². The highest BCUT2D eigenvalue weighted by atomic mass is 16.5. The van der Waals surface area contributed by atoms with Crippen LogP contribution in [-0.2, 0) is 9.53 Å². The Morgan fingerprint density at radius 1 is 1.39 bits per heavy atom. The highest BCUT2D eigenvalue weighted by molar-refractivity contribution is 5.72. The molecule has 0 spiro atoms. The first-order chi connectivity index (χ1) is 8.61. The van der Waals surface area contributed by atoms with Gasteiger partial charge in [-0.2, -0.15) is 0 Å². The summed E-state index contributed by atoms with van der Waals surface area (Å²) >= 11 is 0. The Morgan fingerprint density at radius 2 is 2.17 bits per heavy atom. The molecule has 0 aromatic heterocycles. The van der Waals surface area contributed by atoms with Crippen LogP contribution in [0.2, 0.25) is 0 Å². The number of ether oxygens (including phenoxy) is 1. The van der Waals surface area contributed by atoms with E-state index in [0.717, 1.165) is 19.6 Å². The number of carbonyl (C=O) groups is 1. The Hall–Kier alpha value is -0.610. The molecular formula is C14H26N2O2. The quantitative estimate of drug-likeness (QED) is 0.712. The maximum Gasteiger partial charge on any atom is 0.309 e. The molecule has 0 aliphatic carbocycles. The lowest BCUT2D eigenvalue weighted by Crippen LogP contribution is -2.59. The maximum absolute atomic E-state index is 11.5. The second kappa shape index (κ2) is 6.02. The van der Waals surface area contributed by atoms with E-state index in [4.69, 9.17) is 4.74 Å². The minimum Gasteiger partial charge on any atom is -0.469 e. The molecule has 18 heavy (non-hydrogen) atoms. The van der Waals surface area contributed by atoms with E-state index in [2.05, 4.69) is 16.7 Å². The minimum atomic E-state index is -0.0896. The molecule has 2 rings (SSSR count). The van der Waals surface area contributed by atoms with Crippen LogP contribution in [0.5, 0.6) is 0 Å². The zero-order valence-electron chi connectivity index (χ0n) is 11.9. The van der Waals surface area contributed by atoms with Crippen molar-refractivity contribution in [2.45, 2.75) is 45.2 Å². The van der Waals surface area contributed by atoms with Crippen molar-refractivity contribution in [1.29, 1.82) is 0 Å². The van der Waals surface area contributed by atoms with Crippen molar-refractivity contribution in [2.24, 2.45) is 5.92 Å². The summed E-state index contributed by atoms with van der Waals surface area (Å²) < 4.78 is 4.82. The van der Waals surface area contributed by atoms with Crippen molar-refractivity contribution >= 4 is 5.97 Å². The minimum absolute atomic E-state index is 0.0207. The Kier molecular flexibility index (Phi) is 4.62. The predicted octanol–water partition coefficient (Wildman–Crippen LogP) is 1.35. The highest BCUT2D eigenvalue weighted by Gasteiger charge is 2.34. The normalized spacial score (nSPS) is 31.7. The van der Waals surface area contributed by atoms with Crippen LogP contribution in [0.3, 0.4) is 0 Å². The van der Waals surface area contributed by atoms with Crippen molar-refractivity contribution < 1.29 is 9.53 Å². The number of esters is 1. The summed E-state index contributed by atoms with van der Waals surface area (Å²) in [7, 11) is 1.47. The third-order valence-corrected chi connectivity index (χ3v) is 4.43. The van der Waals surface area contributed by atoms with Gasteiger partial charge in [-0.15, -0.1) is 0 Å². The number of hydrogen-bond acceptors (Lipinski definition) is 4. The van der Waals surface area contributed by atoms with Gasteiger partial charge < -0.3 is 4.74 Å². The van der Waals surface area contributed by atoms with Crippen LogP contribution in [-0.4, -0.2) is 61.1 Å². The van der Waals surface area contributed by atoms with Crippen LogP contribution in [0, 0.1) is 5.92 Å². The molecular weight excluding hydrogens is 228 g/mol. The first kappa shape index (κ1) is 13.8. The average Bonchev–Trinajstić information content (AvgIpc) is 2.38. The van der Waals surface area contributed by atoms with E-state index in [9.17, 15) is 4.79 Å². The van der Waals surface area contributed by atoms with Gasteiger partial charge in [0.25, 0.3) is 0 Å². The van der Waals surface area contributed by atoms with E-state index < -0.39 is 0 Å². The monoisotopic (exact) mass is 254 g/mol. The zero-order valence-corrected chi connectivity index (χ0v) is 11.9. The lowest BCUT2D eigenvalue weighted by molar-refractivity contribution is -0.146. The maximum atomic E-state index is 11.5. The fourth-order valence-corrected chi connectivity index (χ4v) is 3.29. The van der Waals surface area contributed by atoms with Crippen LogP contribution in [0.1, 0.15) is 33.1 Å². The van der Waals surface area contributed by atoms with Crippen LogP contribution >= 0.6 is 0 Å². The molecule has 3 unspecified atom stereocenters. The molecule has 0 radical (unpaired) electrons. The van der Waals surface area contributed by atoms with Crippen LogP contribution < -0.4 is 0 Å². The molecule has 0 saturated carbocycles. The number of rotatable bonds is 3. The molecule has 0 N–H and O–H groups in total. The molecule has 0 aromatic rings. The van der Waals surface area contributed by atoms with E-state index in [1.165, 1.54) is 32.9 Å². The highest BCUT2D eigenvalue weighted by Crippen LogP contribution is 2.24. The average molecular weight is 254 g/mol. The molecule has 0 bridgehead atoms. The molecule has 2 aliphatic rings. The molecule has 4 nitrogen and oxygen atoms in total. The summed E-state index contributed by atoms with van der Waals surface area (Å²) in [6, 6.07) is 1.26. The Balaban J connectivity index is 1.90. The number of nitrogens with zero attached hydrogens (tertiary/aromatic N) is 2. The Labute approximate surface area is 110 Å². The third kappa shape index (κ3) is 3.04. The van der Waals surface area contributed by atoms with Crippen molar-refractivity contribution in [1.82, 2.24) is 9.80 Å². The van der Waals surface area contributed by atoms with Gasteiger partial charge in [0.15, 0.2) is 0 Å². The summed E-state index contributed by atoms with van der Waals surface area (Å²) in [5.41, 5.74) is 0. The number of methoxy groups -OCH3 is 1. The third-order valence-electron chi connectivity index (χ3n) is 4.43. The van der Waals surface area contributed by atoms with Gasteiger partial charge in [0.2, 0.25) is 0 Å². The van der Waals surface area contributed by atoms with Gasteiger partial charge in [-0.25, -0.2) is 0 Å². The fraction of sp³-hybridized carbons (Fsp3) is 0.929. The summed E-state index contributed by atoms with van der Waals surface area (Å²) in [6.45, 7) is 8.59. The van der Waals surface area contributed by atoms with E-state index in [-0.39, 0.29) is 11.9 Å². The van der Waals surface area contributed by atoms with E-state index >= 15 is 0 Å². The van der Waals surface area contributed by atoms with Gasteiger partial charge in [-0.1, -0.05) is 13.3 Å². The first-order valence-corrected chi connectivity index (χ1v) is 7.17. The SMILES string of the molecule is COC(=O)C(C)CN1CC2CCCCN2CC1C. The number of piperazine rings is 1. The number of fused-ring (bicyclic) bond motifs is 1. The van der Waals surface area contributed by atoms with Gasteiger partial charge in [0.05, 0.1) is 13.0 Å². The topological polar surface area (TPSA) is 32.8 Å². The predicted molar refractivity (Wildman–Crippen MR) is 71.4 cm³/mol. The number of hydrogen-bond donors (Lipinski definition) is 0. The van der Waals surface area contributed by atoms with Crippen LogP contribution in [0.25, 0.3) is 0 Å². The number of piperidine rings is 1. The van der Waals surface area contributed by atoms with Crippen molar-refractivity contribution in [3.8, 4) is 0 Å². The van der Waals surface area contributed by atoms with E-state index in [1.807, 2.05) is 6.92 Å². The molecule has 2 heterocycles. The van der Waals surface area contributed by atoms with E-state index in [0.29, 0.717) is 12.1 Å². The second-order valence-electron chi connectivity index (χ2n) is 5.87. The molecule has 4 heteroatoms. The standard InChI is InChI=1S/C14H26N2O2/c1-11(14(17)18-3)8-16-10-13-6-4-5-7-15(13)9-12(16)2/h11-13H,4-10H2,1-3H3. The summed E-state index contributed by atoms with van der Waals surface area (Å²) in [5, 5.41) is 0. The molecule has 3 atom stereocenters. The first-order valence-electron chi connectivity index (χ1n) is 7.17. The van der Waals surface area contributed by atoms with Crippen molar-refractivity contribution in [3.05, 3.63) is 0 Å². The van der Waals surface area contributed by atoms with Crippen LogP contribution in [0.4, 0.5) is 0 Å². The largest absolute Gasteiger partial charge is 0.469 e. The second-order valence-corrected chi connectivity index (χ2v) is 5.87. The van der Waals surface area contributed by atoms with Crippen LogP contribution in [0.15, 0.2) is 0 Å². The smallest absolute Gasteiger partial charge is 0.309 e. The molecule has 2 saturated heterocycles. The Morgan fingerprint density at radius 3 is 2.89 bits per heavy atom. The zero-order chi connectivity index (χ0) is 13.1. The summed E-state index contributed by atoms with van der Waals surface area (Å²) in [4.78, 5) is 16.6. The molecule has 0 amide bonds. The van der Waals surface area contributed by atoms with Gasteiger partial charge in [0, 0.05) is 31.7 Å². The van der Waals surface area contributed by atoms with Crippen molar-refractivity contribution in [2.75, 3.05) is 33.3 Å². The van der Waals surface area contributed by atoms with Crippen molar-refractivity contribution in [3.63, 3.8) is 0 Å².